The van der Waals surface area contributed by atoms with E-state index in [0.29, 0.717) is 11.3 Å². The molecular formula is C27H31N5O4. The molecular weight excluding hydrogens is 458 g/mol. The van der Waals surface area contributed by atoms with E-state index >= 15 is 0 Å². The SMILES string of the molecule is CC(C)(C)NC(=O)c1cnc(Nc2ccc3c(c2)C(C)(C)OC3=O)nc1N[C@H](CO)c1ccccc1. The maximum atomic E-state index is 13.0. The minimum absolute atomic E-state index is 0.203. The highest BCUT2D eigenvalue weighted by Gasteiger charge is 2.37. The van der Waals surface area contributed by atoms with Crippen molar-refractivity contribution in [2.45, 2.75) is 51.8 Å². The fraction of sp³-hybridized carbons (Fsp3) is 0.333. The first-order valence-corrected chi connectivity index (χ1v) is 11.7. The Balaban J connectivity index is 1.68. The number of esters is 1. The minimum atomic E-state index is -0.739. The lowest BCUT2D eigenvalue weighted by Crippen LogP contribution is -2.41. The van der Waals surface area contributed by atoms with Crippen molar-refractivity contribution in [1.82, 2.24) is 15.3 Å². The molecule has 0 radical (unpaired) electrons. The third-order valence-corrected chi connectivity index (χ3v) is 5.71. The van der Waals surface area contributed by atoms with Gasteiger partial charge in [0.1, 0.15) is 17.0 Å². The highest BCUT2D eigenvalue weighted by atomic mass is 16.6. The summed E-state index contributed by atoms with van der Waals surface area (Å²) in [5.74, 6) is -0.166. The van der Waals surface area contributed by atoms with Gasteiger partial charge in [-0.15, -0.1) is 0 Å². The normalized spacial score (nSPS) is 15.0. The Labute approximate surface area is 210 Å². The summed E-state index contributed by atoms with van der Waals surface area (Å²) in [5, 5.41) is 19.3. The molecule has 1 aliphatic rings. The molecule has 1 aromatic heterocycles. The highest BCUT2D eigenvalue weighted by Crippen LogP contribution is 2.37. The lowest BCUT2D eigenvalue weighted by Gasteiger charge is -2.23. The predicted molar refractivity (Wildman–Crippen MR) is 137 cm³/mol. The van der Waals surface area contributed by atoms with Crippen molar-refractivity contribution >= 4 is 29.3 Å². The van der Waals surface area contributed by atoms with Crippen LogP contribution in [-0.4, -0.2) is 39.1 Å². The van der Waals surface area contributed by atoms with E-state index in [0.717, 1.165) is 11.1 Å². The van der Waals surface area contributed by atoms with Crippen molar-refractivity contribution in [3.05, 3.63) is 77.0 Å². The number of nitrogens with one attached hydrogen (secondary N) is 3. The molecule has 0 unspecified atom stereocenters. The van der Waals surface area contributed by atoms with Crippen LogP contribution in [0.4, 0.5) is 17.5 Å². The number of fused-ring (bicyclic) bond motifs is 1. The van der Waals surface area contributed by atoms with Gasteiger partial charge in [-0.3, -0.25) is 4.79 Å². The zero-order chi connectivity index (χ0) is 26.1. The molecule has 2 aromatic carbocycles. The van der Waals surface area contributed by atoms with E-state index in [1.165, 1.54) is 6.20 Å². The third-order valence-electron chi connectivity index (χ3n) is 5.71. The van der Waals surface area contributed by atoms with Crippen molar-refractivity contribution in [1.29, 1.82) is 0 Å². The van der Waals surface area contributed by atoms with Crippen LogP contribution < -0.4 is 16.0 Å². The quantitative estimate of drug-likeness (QED) is 0.362. The van der Waals surface area contributed by atoms with Crippen LogP contribution in [0.2, 0.25) is 0 Å². The number of hydrogen-bond donors (Lipinski definition) is 4. The first kappa shape index (κ1) is 25.1. The summed E-state index contributed by atoms with van der Waals surface area (Å²) in [6.07, 6.45) is 1.45. The largest absolute Gasteiger partial charge is 0.451 e. The van der Waals surface area contributed by atoms with Crippen molar-refractivity contribution in [2.75, 3.05) is 17.2 Å². The number of aliphatic hydroxyl groups excluding tert-OH is 1. The number of cyclic esters (lactones) is 1. The molecule has 0 bridgehead atoms. The van der Waals surface area contributed by atoms with E-state index in [9.17, 15) is 14.7 Å². The van der Waals surface area contributed by atoms with Gasteiger partial charge in [0, 0.05) is 23.0 Å². The van der Waals surface area contributed by atoms with Crippen LogP contribution in [0.15, 0.2) is 54.7 Å². The molecule has 1 amide bonds. The van der Waals surface area contributed by atoms with E-state index in [-0.39, 0.29) is 35.8 Å². The van der Waals surface area contributed by atoms with Crippen LogP contribution in [0.3, 0.4) is 0 Å². The summed E-state index contributed by atoms with van der Waals surface area (Å²) in [6, 6.07) is 14.2. The van der Waals surface area contributed by atoms with E-state index in [4.69, 9.17) is 4.74 Å². The molecule has 0 spiro atoms. The van der Waals surface area contributed by atoms with Crippen molar-refractivity contribution < 1.29 is 19.4 Å². The van der Waals surface area contributed by atoms with Crippen LogP contribution in [0.1, 0.15) is 72.5 Å². The summed E-state index contributed by atoms with van der Waals surface area (Å²) >= 11 is 0. The van der Waals surface area contributed by atoms with Gasteiger partial charge in [-0.2, -0.15) is 4.98 Å². The van der Waals surface area contributed by atoms with Crippen molar-refractivity contribution in [3.8, 4) is 0 Å². The Kier molecular flexibility index (Phi) is 6.69. The zero-order valence-corrected chi connectivity index (χ0v) is 21.0. The number of rotatable bonds is 7. The number of aliphatic hydroxyl groups is 1. The third kappa shape index (κ3) is 5.46. The second-order valence-corrected chi connectivity index (χ2v) is 10.2. The maximum Gasteiger partial charge on any atom is 0.339 e. The molecule has 1 aliphatic heterocycles. The second-order valence-electron chi connectivity index (χ2n) is 10.2. The highest BCUT2D eigenvalue weighted by molar-refractivity contribution is 5.99. The molecule has 0 saturated heterocycles. The molecule has 9 nitrogen and oxygen atoms in total. The van der Waals surface area contributed by atoms with E-state index in [1.807, 2.05) is 71.0 Å². The minimum Gasteiger partial charge on any atom is -0.451 e. The monoisotopic (exact) mass is 489 g/mol. The van der Waals surface area contributed by atoms with Crippen molar-refractivity contribution in [3.63, 3.8) is 0 Å². The molecule has 1 atom stereocenters. The van der Waals surface area contributed by atoms with Gasteiger partial charge in [-0.25, -0.2) is 9.78 Å². The van der Waals surface area contributed by atoms with Crippen LogP contribution >= 0.6 is 0 Å². The number of hydrogen-bond acceptors (Lipinski definition) is 8. The molecule has 2 heterocycles. The van der Waals surface area contributed by atoms with Gasteiger partial charge >= 0.3 is 5.97 Å². The zero-order valence-electron chi connectivity index (χ0n) is 21.0. The fourth-order valence-corrected chi connectivity index (χ4v) is 3.98. The molecule has 0 aliphatic carbocycles. The van der Waals surface area contributed by atoms with Gasteiger partial charge in [0.15, 0.2) is 0 Å². The van der Waals surface area contributed by atoms with Gasteiger partial charge < -0.3 is 25.8 Å². The number of nitrogens with zero attached hydrogens (tertiary/aromatic N) is 2. The van der Waals surface area contributed by atoms with Crippen LogP contribution in [0, 0.1) is 0 Å². The van der Waals surface area contributed by atoms with Crippen molar-refractivity contribution in [2.24, 2.45) is 0 Å². The average molecular weight is 490 g/mol. The van der Waals surface area contributed by atoms with Gasteiger partial charge in [-0.1, -0.05) is 30.3 Å². The molecule has 4 rings (SSSR count). The Morgan fingerprint density at radius 3 is 2.53 bits per heavy atom. The summed E-state index contributed by atoms with van der Waals surface area (Å²) in [4.78, 5) is 34.1. The topological polar surface area (TPSA) is 125 Å². The van der Waals surface area contributed by atoms with Crippen LogP contribution in [0.25, 0.3) is 0 Å². The molecule has 9 heteroatoms. The molecule has 36 heavy (non-hydrogen) atoms. The summed E-state index contributed by atoms with van der Waals surface area (Å²) in [6.45, 7) is 9.13. The number of anilines is 3. The van der Waals surface area contributed by atoms with Crippen LogP contribution in [0.5, 0.6) is 0 Å². The van der Waals surface area contributed by atoms with Crippen LogP contribution in [-0.2, 0) is 10.3 Å². The Bertz CT molecular complexity index is 1290. The maximum absolute atomic E-state index is 13.0. The van der Waals surface area contributed by atoms with E-state index in [1.54, 1.807) is 12.1 Å². The second kappa shape index (κ2) is 9.58. The van der Waals surface area contributed by atoms with Gasteiger partial charge in [0.2, 0.25) is 5.95 Å². The summed E-state index contributed by atoms with van der Waals surface area (Å²) in [7, 11) is 0. The Hall–Kier alpha value is -3.98. The number of benzene rings is 2. The summed E-state index contributed by atoms with van der Waals surface area (Å²) in [5.41, 5.74) is 1.85. The van der Waals surface area contributed by atoms with Gasteiger partial charge in [-0.05, 0) is 58.4 Å². The summed E-state index contributed by atoms with van der Waals surface area (Å²) < 4.78 is 5.45. The first-order valence-electron chi connectivity index (χ1n) is 11.7. The lowest BCUT2D eigenvalue weighted by molar-refractivity contribution is 0.00953. The molecule has 4 N–H and O–H groups in total. The standard InChI is InChI=1S/C27H31N5O4/c1-26(2,3)32-23(34)19-14-28-25(31-22(19)30-21(15-33)16-9-7-6-8-10-16)29-17-11-12-18-20(13-17)27(4,5)36-24(18)35/h6-14,21,33H,15H2,1-5H3,(H,32,34)(H2,28,29,30,31)/t21-/m1/s1. The first-order chi connectivity index (χ1) is 17.0. The Morgan fingerprint density at radius 1 is 1.14 bits per heavy atom. The van der Waals surface area contributed by atoms with Gasteiger partial charge in [0.05, 0.1) is 18.2 Å². The number of aromatic nitrogens is 2. The average Bonchev–Trinajstić information content (AvgIpc) is 3.04. The Morgan fingerprint density at radius 2 is 1.86 bits per heavy atom. The number of carbonyl (C=O) groups is 2. The molecule has 0 saturated carbocycles. The van der Waals surface area contributed by atoms with Gasteiger partial charge in [0.25, 0.3) is 5.91 Å². The molecule has 0 fully saturated rings. The fourth-order valence-electron chi connectivity index (χ4n) is 3.98. The number of carbonyl (C=O) groups excluding carboxylic acids is 2. The number of ether oxygens (including phenoxy) is 1. The molecule has 188 valence electrons. The lowest BCUT2D eigenvalue weighted by atomic mass is 9.95. The molecule has 3 aromatic rings. The predicted octanol–water partition coefficient (Wildman–Crippen LogP) is 4.30. The van der Waals surface area contributed by atoms with E-state index in [2.05, 4.69) is 25.9 Å². The smallest absolute Gasteiger partial charge is 0.339 e. The number of amides is 1. The van der Waals surface area contributed by atoms with E-state index < -0.39 is 17.2 Å².